The Labute approximate surface area is 406 Å². The Kier molecular flexibility index (Phi) is 20.7. The number of hydrogen-bond acceptors (Lipinski definition) is 5. The Balaban J connectivity index is 0.000000176. The van der Waals surface area contributed by atoms with Crippen LogP contribution in [-0.2, 0) is 4.74 Å². The molecule has 13 heteroatoms. The summed E-state index contributed by atoms with van der Waals surface area (Å²) in [6.45, 7) is 2.00. The minimum absolute atomic E-state index is 0. The van der Waals surface area contributed by atoms with Gasteiger partial charge in [-0.05, 0) is 37.1 Å². The Morgan fingerprint density at radius 3 is 1.12 bits per heavy atom. The Morgan fingerprint density at radius 1 is 0.418 bits per heavy atom. The number of halogens is 7. The number of benzene rings is 7. The van der Waals surface area contributed by atoms with Gasteiger partial charge in [-0.1, -0.05) is 137 Å². The van der Waals surface area contributed by atoms with Crippen molar-refractivity contribution in [2.75, 3.05) is 13.2 Å². The van der Waals surface area contributed by atoms with Crippen molar-refractivity contribution >= 4 is 15.9 Å². The molecule has 1 aliphatic rings. The number of nitrogens with zero attached hydrogens (tertiary/aromatic N) is 4. The summed E-state index contributed by atoms with van der Waals surface area (Å²) in [6.07, 6.45) is 7.56. The summed E-state index contributed by atoms with van der Waals surface area (Å²) in [5, 5.41) is 0. The van der Waals surface area contributed by atoms with Crippen LogP contribution in [0.5, 0.6) is 0 Å². The molecule has 2 aromatic heterocycles. The standard InChI is InChI=1S/C22H14F2N2.C16H12N2.C6H3BrF2.C6H3F2.C4H8O.Li/c23-18-11-17(12-19(24)13-18)20-14-25-21(15-7-3-1-4-8-15)22(26-20)16-9-5-2-6-10-16;1-3-7-13(8-4-1)15-16(18-12-11-17-15)14-9-5-2-6-10-14;7-4-1-5(8)3-6(9)2-4;7-5-2-1-3-6(8)4-5;1-2-4-5-3-1;/h1-14H;1-12H;1-3H;2-4H;1-4H2;/q;;;-1;;+1. The zero-order valence-electron chi connectivity index (χ0n) is 36.1. The van der Waals surface area contributed by atoms with Crippen LogP contribution >= 0.6 is 15.9 Å². The quantitative estimate of drug-likeness (QED) is 0.0977. The summed E-state index contributed by atoms with van der Waals surface area (Å²) in [6, 6.07) is 51.4. The number of ether oxygens (including phenoxy) is 1. The second-order valence-corrected chi connectivity index (χ2v) is 15.0. The Bertz CT molecular complexity index is 2730. The molecule has 0 atom stereocenters. The second-order valence-electron chi connectivity index (χ2n) is 14.1. The smallest absolute Gasteiger partial charge is 0.381 e. The van der Waals surface area contributed by atoms with E-state index < -0.39 is 34.9 Å². The van der Waals surface area contributed by atoms with Gasteiger partial charge in [-0.2, -0.15) is 6.07 Å². The molecule has 1 aliphatic heterocycles. The maximum atomic E-state index is 13.6. The van der Waals surface area contributed by atoms with Gasteiger partial charge in [0, 0.05) is 81.7 Å². The van der Waals surface area contributed by atoms with Crippen molar-refractivity contribution in [1.29, 1.82) is 0 Å². The zero-order chi connectivity index (χ0) is 46.5. The molecule has 3 heterocycles. The van der Waals surface area contributed by atoms with Gasteiger partial charge in [0.05, 0.1) is 34.7 Å². The van der Waals surface area contributed by atoms with E-state index in [4.69, 9.17) is 4.74 Å². The monoisotopic (exact) mass is 960 g/mol. The second kappa shape index (κ2) is 27.1. The minimum Gasteiger partial charge on any atom is -0.381 e. The van der Waals surface area contributed by atoms with Crippen molar-refractivity contribution in [1.82, 2.24) is 19.9 Å². The maximum absolute atomic E-state index is 13.6. The first-order valence-corrected chi connectivity index (χ1v) is 21.3. The van der Waals surface area contributed by atoms with Gasteiger partial charge >= 0.3 is 18.9 Å². The molecule has 0 amide bonds. The molecule has 9 aromatic rings. The molecule has 0 radical (unpaired) electrons. The molecule has 0 unspecified atom stereocenters. The fourth-order valence-corrected chi connectivity index (χ4v) is 6.67. The van der Waals surface area contributed by atoms with Crippen LogP contribution in [0, 0.1) is 41.0 Å². The Morgan fingerprint density at radius 2 is 0.776 bits per heavy atom. The molecule has 0 N–H and O–H groups in total. The largest absolute Gasteiger partial charge is 1.00 e. The molecule has 10 rings (SSSR count). The predicted octanol–water partition coefficient (Wildman–Crippen LogP) is 11.9. The number of hydrogen-bond donors (Lipinski definition) is 0. The van der Waals surface area contributed by atoms with Crippen LogP contribution in [-0.4, -0.2) is 33.1 Å². The first-order chi connectivity index (χ1) is 32.1. The normalized spacial score (nSPS) is 11.1. The van der Waals surface area contributed by atoms with Gasteiger partial charge in [0.25, 0.3) is 0 Å². The fourth-order valence-electron chi connectivity index (χ4n) is 6.23. The molecule has 0 bridgehead atoms. The van der Waals surface area contributed by atoms with Gasteiger partial charge in [-0.25, -0.2) is 22.5 Å². The fraction of sp³-hybridized carbons (Fsp3) is 0.0741. The summed E-state index contributed by atoms with van der Waals surface area (Å²) < 4.78 is 80.7. The van der Waals surface area contributed by atoms with E-state index in [-0.39, 0.29) is 18.9 Å². The molecule has 0 aliphatic carbocycles. The van der Waals surface area contributed by atoms with Gasteiger partial charge in [0.1, 0.15) is 23.3 Å². The summed E-state index contributed by atoms with van der Waals surface area (Å²) >= 11 is 2.93. The van der Waals surface area contributed by atoms with Crippen molar-refractivity contribution in [2.24, 2.45) is 0 Å². The van der Waals surface area contributed by atoms with E-state index >= 15 is 0 Å². The number of rotatable bonds is 5. The number of aromatic nitrogens is 4. The van der Waals surface area contributed by atoms with Crippen molar-refractivity contribution in [3.63, 3.8) is 0 Å². The zero-order valence-corrected chi connectivity index (χ0v) is 37.7. The molecular weight excluding hydrogens is 921 g/mol. The van der Waals surface area contributed by atoms with Crippen molar-refractivity contribution < 1.29 is 49.9 Å². The summed E-state index contributed by atoms with van der Waals surface area (Å²) in [5.74, 6) is -3.61. The molecule has 7 aromatic carbocycles. The molecule has 5 nitrogen and oxygen atoms in total. The molecular formula is C54H40BrF6LiN4O. The SMILES string of the molecule is C1CCOC1.Fc1c[c-]cc(F)c1.Fc1cc(F)cc(-c2cnc(-c3ccccc3)c(-c3ccccc3)n2)c1.Fc1cc(F)cc(Br)c1.[Li+].c1ccc(-c2nccnc2-c2ccccc2)cc1. The van der Waals surface area contributed by atoms with Crippen LogP contribution in [0.15, 0.2) is 199 Å². The van der Waals surface area contributed by atoms with Crippen molar-refractivity contribution in [3.8, 4) is 56.3 Å². The van der Waals surface area contributed by atoms with Crippen LogP contribution in [0.3, 0.4) is 0 Å². The average Bonchev–Trinajstić information content (AvgIpc) is 3.94. The van der Waals surface area contributed by atoms with Gasteiger partial charge in [-0.3, -0.25) is 23.7 Å². The van der Waals surface area contributed by atoms with Crippen LogP contribution < -0.4 is 18.9 Å². The van der Waals surface area contributed by atoms with E-state index in [0.717, 1.165) is 82.9 Å². The average molecular weight is 962 g/mol. The molecule has 67 heavy (non-hydrogen) atoms. The first kappa shape index (κ1) is 51.3. The molecule has 332 valence electrons. The van der Waals surface area contributed by atoms with Crippen LogP contribution in [0.1, 0.15) is 12.8 Å². The van der Waals surface area contributed by atoms with E-state index in [1.165, 1.54) is 37.1 Å². The summed E-state index contributed by atoms with van der Waals surface area (Å²) in [7, 11) is 0. The van der Waals surface area contributed by atoms with E-state index in [0.29, 0.717) is 21.4 Å². The predicted molar refractivity (Wildman–Crippen MR) is 250 cm³/mol. The third-order valence-corrected chi connectivity index (χ3v) is 9.65. The molecule has 0 saturated carbocycles. The van der Waals surface area contributed by atoms with E-state index in [2.05, 4.69) is 66.2 Å². The third kappa shape index (κ3) is 16.6. The van der Waals surface area contributed by atoms with Crippen molar-refractivity contribution in [3.05, 3.63) is 240 Å². The van der Waals surface area contributed by atoms with Crippen LogP contribution in [0.4, 0.5) is 26.3 Å². The van der Waals surface area contributed by atoms with Crippen LogP contribution in [0.25, 0.3) is 56.3 Å². The van der Waals surface area contributed by atoms with E-state index in [1.54, 1.807) is 18.6 Å². The van der Waals surface area contributed by atoms with Crippen LogP contribution in [0.2, 0.25) is 0 Å². The van der Waals surface area contributed by atoms with E-state index in [9.17, 15) is 26.3 Å². The van der Waals surface area contributed by atoms with Gasteiger partial charge in [0.15, 0.2) is 0 Å². The van der Waals surface area contributed by atoms with Gasteiger partial charge in [0.2, 0.25) is 0 Å². The maximum Gasteiger partial charge on any atom is 1.00 e. The summed E-state index contributed by atoms with van der Waals surface area (Å²) in [5.41, 5.74) is 7.99. The van der Waals surface area contributed by atoms with E-state index in [1.807, 2.05) is 97.1 Å². The topological polar surface area (TPSA) is 60.8 Å². The molecule has 1 fully saturated rings. The molecule has 0 spiro atoms. The van der Waals surface area contributed by atoms with Gasteiger partial charge in [-0.15, -0.1) is 18.2 Å². The first-order valence-electron chi connectivity index (χ1n) is 20.5. The summed E-state index contributed by atoms with van der Waals surface area (Å²) in [4.78, 5) is 18.2. The van der Waals surface area contributed by atoms with Gasteiger partial charge < -0.3 is 4.74 Å². The Hall–Kier alpha value is -6.68. The molecule has 1 saturated heterocycles. The third-order valence-electron chi connectivity index (χ3n) is 9.19. The minimum atomic E-state index is -0.643. The van der Waals surface area contributed by atoms with Crippen molar-refractivity contribution in [2.45, 2.75) is 12.8 Å².